The standard InChI is InChI=1S/C14H31N/c1-8-9-10-14(7,12(2)3)11-15-13(4,5)6/h12,15H,8-11H2,1-7H3. The summed E-state index contributed by atoms with van der Waals surface area (Å²) < 4.78 is 0. The third-order valence-corrected chi connectivity index (χ3v) is 3.52. The van der Waals surface area contributed by atoms with Crippen molar-refractivity contribution in [2.75, 3.05) is 6.54 Å². The van der Waals surface area contributed by atoms with Crippen molar-refractivity contribution < 1.29 is 0 Å². The average molecular weight is 213 g/mol. The van der Waals surface area contributed by atoms with E-state index in [0.717, 1.165) is 12.5 Å². The topological polar surface area (TPSA) is 12.0 Å². The van der Waals surface area contributed by atoms with Crippen LogP contribution >= 0.6 is 0 Å². The van der Waals surface area contributed by atoms with Crippen molar-refractivity contribution in [3.63, 3.8) is 0 Å². The zero-order chi connectivity index (χ0) is 12.1. The second-order valence-corrected chi connectivity index (χ2v) is 6.52. The van der Waals surface area contributed by atoms with Gasteiger partial charge in [-0.3, -0.25) is 0 Å². The SMILES string of the molecule is CCCCC(C)(CNC(C)(C)C)C(C)C. The molecule has 0 aliphatic heterocycles. The molecule has 1 unspecified atom stereocenters. The first-order chi connectivity index (χ1) is 6.71. The maximum Gasteiger partial charge on any atom is 0.00967 e. The van der Waals surface area contributed by atoms with Crippen LogP contribution in [-0.2, 0) is 0 Å². The van der Waals surface area contributed by atoms with E-state index in [-0.39, 0.29) is 5.54 Å². The minimum absolute atomic E-state index is 0.238. The van der Waals surface area contributed by atoms with Crippen molar-refractivity contribution in [1.82, 2.24) is 5.32 Å². The Morgan fingerprint density at radius 3 is 1.93 bits per heavy atom. The van der Waals surface area contributed by atoms with E-state index in [4.69, 9.17) is 0 Å². The Balaban J connectivity index is 4.25. The summed E-state index contributed by atoms with van der Waals surface area (Å²) in [5.41, 5.74) is 0.686. The van der Waals surface area contributed by atoms with Gasteiger partial charge in [0.25, 0.3) is 0 Å². The molecule has 0 rings (SSSR count). The molecule has 1 heteroatoms. The van der Waals surface area contributed by atoms with Crippen LogP contribution in [-0.4, -0.2) is 12.1 Å². The highest BCUT2D eigenvalue weighted by Crippen LogP contribution is 2.32. The second-order valence-electron chi connectivity index (χ2n) is 6.52. The summed E-state index contributed by atoms with van der Waals surface area (Å²) in [5, 5.41) is 3.65. The van der Waals surface area contributed by atoms with Crippen molar-refractivity contribution in [3.8, 4) is 0 Å². The molecule has 0 heterocycles. The van der Waals surface area contributed by atoms with Gasteiger partial charge in [0.2, 0.25) is 0 Å². The van der Waals surface area contributed by atoms with Crippen molar-refractivity contribution >= 4 is 0 Å². The fraction of sp³-hybridized carbons (Fsp3) is 1.00. The first kappa shape index (κ1) is 15.0. The highest BCUT2D eigenvalue weighted by molar-refractivity contribution is 4.83. The van der Waals surface area contributed by atoms with Crippen molar-refractivity contribution in [3.05, 3.63) is 0 Å². The fourth-order valence-electron chi connectivity index (χ4n) is 1.63. The average Bonchev–Trinajstić information content (AvgIpc) is 2.10. The lowest BCUT2D eigenvalue weighted by Gasteiger charge is -2.37. The van der Waals surface area contributed by atoms with Gasteiger partial charge in [0.15, 0.2) is 0 Å². The summed E-state index contributed by atoms with van der Waals surface area (Å²) >= 11 is 0. The Morgan fingerprint density at radius 2 is 1.60 bits per heavy atom. The Morgan fingerprint density at radius 1 is 1.07 bits per heavy atom. The first-order valence-electron chi connectivity index (χ1n) is 6.46. The zero-order valence-electron chi connectivity index (χ0n) is 11.9. The van der Waals surface area contributed by atoms with Gasteiger partial charge < -0.3 is 5.32 Å². The van der Waals surface area contributed by atoms with E-state index in [0.29, 0.717) is 5.41 Å². The van der Waals surface area contributed by atoms with Crippen molar-refractivity contribution in [2.45, 2.75) is 73.3 Å². The Bertz CT molecular complexity index is 167. The van der Waals surface area contributed by atoms with Crippen LogP contribution in [0.1, 0.15) is 67.7 Å². The number of nitrogens with one attached hydrogen (secondary N) is 1. The highest BCUT2D eigenvalue weighted by Gasteiger charge is 2.28. The molecule has 0 aromatic heterocycles. The van der Waals surface area contributed by atoms with E-state index in [9.17, 15) is 0 Å². The van der Waals surface area contributed by atoms with Crippen LogP contribution in [0.15, 0.2) is 0 Å². The smallest absolute Gasteiger partial charge is 0.00967 e. The van der Waals surface area contributed by atoms with Gasteiger partial charge in [-0.1, -0.05) is 40.5 Å². The predicted octanol–water partition coefficient (Wildman–Crippen LogP) is 4.23. The quantitative estimate of drug-likeness (QED) is 0.696. The van der Waals surface area contributed by atoms with E-state index in [1.54, 1.807) is 0 Å². The lowest BCUT2D eigenvalue weighted by molar-refractivity contribution is 0.169. The van der Waals surface area contributed by atoms with Crippen LogP contribution in [0.25, 0.3) is 0 Å². The van der Waals surface area contributed by atoms with Gasteiger partial charge in [0.05, 0.1) is 0 Å². The molecular weight excluding hydrogens is 182 g/mol. The molecule has 0 aromatic carbocycles. The molecule has 92 valence electrons. The molecule has 1 N–H and O–H groups in total. The second kappa shape index (κ2) is 5.89. The Hall–Kier alpha value is -0.0400. The zero-order valence-corrected chi connectivity index (χ0v) is 11.9. The summed E-state index contributed by atoms with van der Waals surface area (Å²) in [4.78, 5) is 0. The maximum atomic E-state index is 3.65. The Labute approximate surface area is 97.0 Å². The van der Waals surface area contributed by atoms with Crippen LogP contribution in [0.2, 0.25) is 0 Å². The highest BCUT2D eigenvalue weighted by atomic mass is 15.0. The van der Waals surface area contributed by atoms with Gasteiger partial charge in [0.1, 0.15) is 0 Å². The van der Waals surface area contributed by atoms with Gasteiger partial charge in [0, 0.05) is 12.1 Å². The van der Waals surface area contributed by atoms with E-state index in [2.05, 4.69) is 53.8 Å². The van der Waals surface area contributed by atoms with Crippen LogP contribution < -0.4 is 5.32 Å². The predicted molar refractivity (Wildman–Crippen MR) is 70.2 cm³/mol. The molecule has 0 aromatic rings. The molecule has 0 saturated carbocycles. The number of hydrogen-bond acceptors (Lipinski definition) is 1. The maximum absolute atomic E-state index is 3.65. The van der Waals surface area contributed by atoms with Crippen LogP contribution in [0.5, 0.6) is 0 Å². The summed E-state index contributed by atoms with van der Waals surface area (Å²) in [7, 11) is 0. The van der Waals surface area contributed by atoms with Crippen molar-refractivity contribution in [1.29, 1.82) is 0 Å². The molecule has 1 atom stereocenters. The van der Waals surface area contributed by atoms with E-state index in [1.165, 1.54) is 19.3 Å². The normalized spacial score (nSPS) is 16.8. The number of rotatable bonds is 6. The molecule has 15 heavy (non-hydrogen) atoms. The third-order valence-electron chi connectivity index (χ3n) is 3.52. The van der Waals surface area contributed by atoms with Gasteiger partial charge >= 0.3 is 0 Å². The molecule has 0 aliphatic rings. The largest absolute Gasteiger partial charge is 0.312 e. The molecular formula is C14H31N. The van der Waals surface area contributed by atoms with E-state index < -0.39 is 0 Å². The molecule has 1 nitrogen and oxygen atoms in total. The molecule has 0 aliphatic carbocycles. The number of unbranched alkanes of at least 4 members (excludes halogenated alkanes) is 1. The summed E-state index contributed by atoms with van der Waals surface area (Å²) in [6.45, 7) is 17.3. The molecule has 0 saturated heterocycles. The minimum Gasteiger partial charge on any atom is -0.312 e. The first-order valence-corrected chi connectivity index (χ1v) is 6.46. The minimum atomic E-state index is 0.238. The van der Waals surface area contributed by atoms with Crippen molar-refractivity contribution in [2.24, 2.45) is 11.3 Å². The number of hydrogen-bond donors (Lipinski definition) is 1. The van der Waals surface area contributed by atoms with Gasteiger partial charge in [-0.15, -0.1) is 0 Å². The summed E-state index contributed by atoms with van der Waals surface area (Å²) in [5.74, 6) is 0.749. The van der Waals surface area contributed by atoms with Gasteiger partial charge in [-0.05, 0) is 38.5 Å². The van der Waals surface area contributed by atoms with E-state index in [1.807, 2.05) is 0 Å². The van der Waals surface area contributed by atoms with E-state index >= 15 is 0 Å². The lowest BCUT2D eigenvalue weighted by Crippen LogP contribution is -2.44. The molecule has 0 radical (unpaired) electrons. The third kappa shape index (κ3) is 6.19. The molecule has 0 spiro atoms. The van der Waals surface area contributed by atoms with Gasteiger partial charge in [-0.25, -0.2) is 0 Å². The monoisotopic (exact) mass is 213 g/mol. The molecule has 0 bridgehead atoms. The fourth-order valence-corrected chi connectivity index (χ4v) is 1.63. The lowest BCUT2D eigenvalue weighted by atomic mass is 9.74. The van der Waals surface area contributed by atoms with Gasteiger partial charge in [-0.2, -0.15) is 0 Å². The molecule has 0 fully saturated rings. The summed E-state index contributed by atoms with van der Waals surface area (Å²) in [6.07, 6.45) is 3.99. The van der Waals surface area contributed by atoms with Crippen LogP contribution in [0, 0.1) is 11.3 Å². The van der Waals surface area contributed by atoms with Crippen LogP contribution in [0.4, 0.5) is 0 Å². The summed E-state index contributed by atoms with van der Waals surface area (Å²) in [6, 6.07) is 0. The molecule has 0 amide bonds. The Kier molecular flexibility index (Phi) is 5.87. The van der Waals surface area contributed by atoms with Crippen LogP contribution in [0.3, 0.4) is 0 Å².